The van der Waals surface area contributed by atoms with Gasteiger partial charge in [-0.15, -0.1) is 0 Å². The lowest BCUT2D eigenvalue weighted by Crippen LogP contribution is -2.45. The van der Waals surface area contributed by atoms with Crippen molar-refractivity contribution in [3.8, 4) is 0 Å². The molecule has 0 bridgehead atoms. The van der Waals surface area contributed by atoms with Crippen molar-refractivity contribution in [2.75, 3.05) is 13.1 Å². The van der Waals surface area contributed by atoms with Gasteiger partial charge in [-0.3, -0.25) is 4.79 Å². The smallest absolute Gasteiger partial charge is 0.224 e. The summed E-state index contributed by atoms with van der Waals surface area (Å²) >= 11 is 0. The van der Waals surface area contributed by atoms with Crippen LogP contribution in [0.5, 0.6) is 0 Å². The molecular formula is C21H25FN2O3S. The van der Waals surface area contributed by atoms with Crippen molar-refractivity contribution in [2.45, 2.75) is 32.1 Å². The summed E-state index contributed by atoms with van der Waals surface area (Å²) in [6, 6.07) is 13.4. The van der Waals surface area contributed by atoms with Gasteiger partial charge in [0.05, 0.1) is 11.7 Å². The molecule has 1 amide bonds. The van der Waals surface area contributed by atoms with Crippen LogP contribution in [0.3, 0.4) is 0 Å². The van der Waals surface area contributed by atoms with Gasteiger partial charge in [0.25, 0.3) is 0 Å². The largest absolute Gasteiger partial charge is 0.352 e. The lowest BCUT2D eigenvalue weighted by molar-refractivity contribution is -0.126. The Hall–Kier alpha value is -2.25. The van der Waals surface area contributed by atoms with Crippen molar-refractivity contribution in [3.63, 3.8) is 0 Å². The van der Waals surface area contributed by atoms with Crippen LogP contribution in [0.1, 0.15) is 29.5 Å². The van der Waals surface area contributed by atoms with Crippen LogP contribution < -0.4 is 5.32 Å². The first-order valence-corrected chi connectivity index (χ1v) is 11.0. The van der Waals surface area contributed by atoms with Crippen LogP contribution in [0.2, 0.25) is 0 Å². The standard InChI is InChI=1S/C21H25FN2O3S/c1-16-4-2-5-18(12-16)13-23-21(25)19-6-3-11-24(14-19)28(26,27)15-17-7-9-20(22)10-8-17/h2,4-5,7-10,12,19H,3,6,11,13-15H2,1H3,(H,23,25). The number of carbonyl (C=O) groups is 1. The number of piperidine rings is 1. The molecule has 0 spiro atoms. The van der Waals surface area contributed by atoms with Crippen LogP contribution in [0.25, 0.3) is 0 Å². The summed E-state index contributed by atoms with van der Waals surface area (Å²) in [6.07, 6.45) is 1.31. The van der Waals surface area contributed by atoms with E-state index in [1.54, 1.807) is 0 Å². The van der Waals surface area contributed by atoms with Crippen molar-refractivity contribution >= 4 is 15.9 Å². The molecule has 3 rings (SSSR count). The highest BCUT2D eigenvalue weighted by Crippen LogP contribution is 2.22. The van der Waals surface area contributed by atoms with Crippen molar-refractivity contribution in [3.05, 3.63) is 71.0 Å². The number of rotatable bonds is 6. The Morgan fingerprint density at radius 2 is 1.93 bits per heavy atom. The summed E-state index contributed by atoms with van der Waals surface area (Å²) in [5.74, 6) is -1.07. The number of aryl methyl sites for hydroxylation is 1. The van der Waals surface area contributed by atoms with Gasteiger partial charge in [0, 0.05) is 19.6 Å². The lowest BCUT2D eigenvalue weighted by Gasteiger charge is -2.31. The van der Waals surface area contributed by atoms with E-state index in [2.05, 4.69) is 5.32 Å². The minimum Gasteiger partial charge on any atom is -0.352 e. The number of halogens is 1. The van der Waals surface area contributed by atoms with Crippen LogP contribution in [-0.2, 0) is 27.1 Å². The van der Waals surface area contributed by atoms with Crippen LogP contribution in [0.4, 0.5) is 4.39 Å². The fourth-order valence-electron chi connectivity index (χ4n) is 3.45. The highest BCUT2D eigenvalue weighted by molar-refractivity contribution is 7.88. The van der Waals surface area contributed by atoms with Gasteiger partial charge < -0.3 is 5.32 Å². The van der Waals surface area contributed by atoms with Crippen molar-refractivity contribution < 1.29 is 17.6 Å². The number of hydrogen-bond acceptors (Lipinski definition) is 3. The maximum atomic E-state index is 13.0. The van der Waals surface area contributed by atoms with E-state index in [1.165, 1.54) is 28.6 Å². The average molecular weight is 405 g/mol. The number of sulfonamides is 1. The maximum absolute atomic E-state index is 13.0. The molecule has 2 aromatic carbocycles. The minimum atomic E-state index is -3.56. The molecule has 1 heterocycles. The average Bonchev–Trinajstić information content (AvgIpc) is 2.68. The molecule has 1 saturated heterocycles. The molecule has 1 fully saturated rings. The fraction of sp³-hybridized carbons (Fsp3) is 0.381. The Morgan fingerprint density at radius 3 is 2.64 bits per heavy atom. The Bertz CT molecular complexity index is 929. The number of nitrogens with one attached hydrogen (secondary N) is 1. The molecule has 0 aliphatic carbocycles. The van der Waals surface area contributed by atoms with E-state index in [9.17, 15) is 17.6 Å². The van der Waals surface area contributed by atoms with Crippen LogP contribution >= 0.6 is 0 Å². The van der Waals surface area contributed by atoms with Crippen LogP contribution in [0.15, 0.2) is 48.5 Å². The molecule has 7 heteroatoms. The first-order valence-electron chi connectivity index (χ1n) is 9.39. The summed E-state index contributed by atoms with van der Waals surface area (Å²) in [5.41, 5.74) is 2.68. The summed E-state index contributed by atoms with van der Waals surface area (Å²) in [4.78, 5) is 12.6. The lowest BCUT2D eigenvalue weighted by atomic mass is 9.98. The van der Waals surface area contributed by atoms with Gasteiger partial charge in [-0.2, -0.15) is 0 Å². The van der Waals surface area contributed by atoms with Gasteiger partial charge in [-0.05, 0) is 43.0 Å². The quantitative estimate of drug-likeness (QED) is 0.805. The van der Waals surface area contributed by atoms with E-state index in [4.69, 9.17) is 0 Å². The zero-order chi connectivity index (χ0) is 20.1. The molecule has 150 valence electrons. The molecule has 0 radical (unpaired) electrons. The number of nitrogens with zero attached hydrogens (tertiary/aromatic N) is 1. The van der Waals surface area contributed by atoms with Gasteiger partial charge in [-0.25, -0.2) is 17.1 Å². The second-order valence-electron chi connectivity index (χ2n) is 7.29. The Balaban J connectivity index is 1.59. The first-order chi connectivity index (χ1) is 13.3. The Labute approximate surface area is 165 Å². The number of hydrogen-bond donors (Lipinski definition) is 1. The van der Waals surface area contributed by atoms with Gasteiger partial charge >= 0.3 is 0 Å². The topological polar surface area (TPSA) is 66.5 Å². The highest BCUT2D eigenvalue weighted by Gasteiger charge is 2.32. The molecule has 1 aliphatic heterocycles. The highest BCUT2D eigenvalue weighted by atomic mass is 32.2. The molecule has 1 aliphatic rings. The summed E-state index contributed by atoms with van der Waals surface area (Å²) in [6.45, 7) is 3.02. The van der Waals surface area contributed by atoms with Crippen LogP contribution in [0, 0.1) is 18.7 Å². The fourth-order valence-corrected chi connectivity index (χ4v) is 5.06. The third-order valence-corrected chi connectivity index (χ3v) is 6.78. The van der Waals surface area contributed by atoms with Gasteiger partial charge in [-0.1, -0.05) is 42.0 Å². The third kappa shape index (κ3) is 5.39. The summed E-state index contributed by atoms with van der Waals surface area (Å²) in [7, 11) is -3.56. The molecule has 28 heavy (non-hydrogen) atoms. The summed E-state index contributed by atoms with van der Waals surface area (Å²) in [5, 5.41) is 2.92. The second kappa shape index (κ2) is 8.84. The van der Waals surface area contributed by atoms with Crippen molar-refractivity contribution in [1.29, 1.82) is 0 Å². The first kappa shape index (κ1) is 20.5. The van der Waals surface area contributed by atoms with Crippen molar-refractivity contribution in [1.82, 2.24) is 9.62 Å². The number of benzene rings is 2. The summed E-state index contributed by atoms with van der Waals surface area (Å²) < 4.78 is 39.9. The molecule has 1 atom stereocenters. The zero-order valence-electron chi connectivity index (χ0n) is 15.9. The van der Waals surface area contributed by atoms with E-state index in [0.717, 1.165) is 11.1 Å². The van der Waals surface area contributed by atoms with E-state index in [1.807, 2.05) is 31.2 Å². The van der Waals surface area contributed by atoms with Crippen molar-refractivity contribution in [2.24, 2.45) is 5.92 Å². The van der Waals surface area contributed by atoms with Gasteiger partial charge in [0.1, 0.15) is 5.82 Å². The zero-order valence-corrected chi connectivity index (χ0v) is 16.7. The van der Waals surface area contributed by atoms with E-state index >= 15 is 0 Å². The van der Waals surface area contributed by atoms with E-state index in [0.29, 0.717) is 31.5 Å². The second-order valence-corrected chi connectivity index (χ2v) is 9.26. The van der Waals surface area contributed by atoms with E-state index in [-0.39, 0.29) is 24.1 Å². The predicted octanol–water partition coefficient (Wildman–Crippen LogP) is 2.99. The van der Waals surface area contributed by atoms with Gasteiger partial charge in [0.2, 0.25) is 15.9 Å². The maximum Gasteiger partial charge on any atom is 0.224 e. The van der Waals surface area contributed by atoms with Gasteiger partial charge in [0.15, 0.2) is 0 Å². The molecule has 2 aromatic rings. The molecule has 0 saturated carbocycles. The minimum absolute atomic E-state index is 0.122. The Morgan fingerprint density at radius 1 is 1.18 bits per heavy atom. The van der Waals surface area contributed by atoms with E-state index < -0.39 is 15.8 Å². The SMILES string of the molecule is Cc1cccc(CNC(=O)C2CCCN(S(=O)(=O)Cc3ccc(F)cc3)C2)c1. The molecular weight excluding hydrogens is 379 g/mol. The number of carbonyl (C=O) groups excluding carboxylic acids is 1. The Kier molecular flexibility index (Phi) is 6.46. The third-order valence-electron chi connectivity index (χ3n) is 4.96. The monoisotopic (exact) mass is 404 g/mol. The predicted molar refractivity (Wildman–Crippen MR) is 106 cm³/mol. The molecule has 1 unspecified atom stereocenters. The molecule has 1 N–H and O–H groups in total. The molecule has 5 nitrogen and oxygen atoms in total. The molecule has 0 aromatic heterocycles. The number of amides is 1. The normalized spacial score (nSPS) is 18.0. The van der Waals surface area contributed by atoms with Crippen LogP contribution in [-0.4, -0.2) is 31.7 Å².